The van der Waals surface area contributed by atoms with Gasteiger partial charge < -0.3 is 10.2 Å². The largest absolute Gasteiger partial charge is 0.352 e. The molecule has 1 N–H and O–H groups in total. The average molecular weight is 340 g/mol. The van der Waals surface area contributed by atoms with Gasteiger partial charge in [0.1, 0.15) is 5.82 Å². The Morgan fingerprint density at radius 2 is 1.72 bits per heavy atom. The van der Waals surface area contributed by atoms with Gasteiger partial charge >= 0.3 is 0 Å². The van der Waals surface area contributed by atoms with Gasteiger partial charge in [-0.3, -0.25) is 9.59 Å². The smallest absolute Gasteiger partial charge is 0.253 e. The van der Waals surface area contributed by atoms with E-state index in [4.69, 9.17) is 0 Å². The van der Waals surface area contributed by atoms with Crippen molar-refractivity contribution in [1.29, 1.82) is 0 Å². The summed E-state index contributed by atoms with van der Waals surface area (Å²) in [7, 11) is 0. The number of halogens is 1. The molecule has 0 atom stereocenters. The van der Waals surface area contributed by atoms with E-state index in [1.54, 1.807) is 42.5 Å². The predicted octanol–water partition coefficient (Wildman–Crippen LogP) is 3.03. The van der Waals surface area contributed by atoms with Crippen molar-refractivity contribution in [2.45, 2.75) is 19.3 Å². The quantitative estimate of drug-likeness (QED) is 0.909. The van der Waals surface area contributed by atoms with Crippen LogP contribution in [0.5, 0.6) is 0 Å². The second-order valence-corrected chi connectivity index (χ2v) is 6.18. The van der Waals surface area contributed by atoms with E-state index in [9.17, 15) is 14.0 Å². The Hall–Kier alpha value is -2.69. The minimum atomic E-state index is -0.269. The fraction of sp³-hybridized carbons (Fsp3) is 0.300. The molecule has 130 valence electrons. The molecule has 1 aliphatic rings. The first-order chi connectivity index (χ1) is 12.1. The maximum Gasteiger partial charge on any atom is 0.253 e. The molecule has 2 aromatic carbocycles. The van der Waals surface area contributed by atoms with Crippen molar-refractivity contribution in [1.82, 2.24) is 10.2 Å². The normalized spacial score (nSPS) is 13.7. The maximum absolute atomic E-state index is 13.6. The number of nitrogens with zero attached hydrogens (tertiary/aromatic N) is 1. The van der Waals surface area contributed by atoms with Gasteiger partial charge in [0.05, 0.1) is 0 Å². The van der Waals surface area contributed by atoms with E-state index < -0.39 is 0 Å². The molecule has 0 aromatic heterocycles. The van der Waals surface area contributed by atoms with Gasteiger partial charge in [-0.1, -0.05) is 24.3 Å². The lowest BCUT2D eigenvalue weighted by Crippen LogP contribution is -2.29. The molecule has 25 heavy (non-hydrogen) atoms. The second-order valence-electron chi connectivity index (χ2n) is 6.18. The fourth-order valence-electron chi connectivity index (χ4n) is 3.01. The Balaban J connectivity index is 1.59. The molecule has 0 spiro atoms. The van der Waals surface area contributed by atoms with Crippen molar-refractivity contribution in [2.24, 2.45) is 0 Å². The number of amides is 2. The molecule has 0 aliphatic carbocycles. The zero-order valence-electron chi connectivity index (χ0n) is 14.0. The van der Waals surface area contributed by atoms with Gasteiger partial charge in [-0.25, -0.2) is 4.39 Å². The van der Waals surface area contributed by atoms with E-state index in [-0.39, 0.29) is 17.6 Å². The summed E-state index contributed by atoms with van der Waals surface area (Å²) < 4.78 is 13.6. The molecule has 5 heteroatoms. The maximum atomic E-state index is 13.6. The fourth-order valence-corrected chi connectivity index (χ4v) is 3.01. The molecule has 1 aliphatic heterocycles. The summed E-state index contributed by atoms with van der Waals surface area (Å²) in [4.78, 5) is 26.5. The lowest BCUT2D eigenvalue weighted by Gasteiger charge is -2.15. The van der Waals surface area contributed by atoms with E-state index in [0.29, 0.717) is 29.7 Å². The molecule has 2 amide bonds. The number of carbonyl (C=O) groups is 2. The van der Waals surface area contributed by atoms with Crippen molar-refractivity contribution >= 4 is 11.8 Å². The van der Waals surface area contributed by atoms with Crippen molar-refractivity contribution in [3.63, 3.8) is 0 Å². The molecule has 0 unspecified atom stereocenters. The predicted molar refractivity (Wildman–Crippen MR) is 94.0 cm³/mol. The highest BCUT2D eigenvalue weighted by Crippen LogP contribution is 2.14. The van der Waals surface area contributed by atoms with Crippen LogP contribution in [0, 0.1) is 5.82 Å². The van der Waals surface area contributed by atoms with E-state index >= 15 is 0 Å². The van der Waals surface area contributed by atoms with Gasteiger partial charge in [0.25, 0.3) is 11.8 Å². The highest BCUT2D eigenvalue weighted by molar-refractivity contribution is 5.99. The number of rotatable bonds is 5. The highest BCUT2D eigenvalue weighted by atomic mass is 19.1. The van der Waals surface area contributed by atoms with Crippen LogP contribution < -0.4 is 5.32 Å². The van der Waals surface area contributed by atoms with Crippen LogP contribution in [0.4, 0.5) is 4.39 Å². The molecule has 0 radical (unpaired) electrons. The van der Waals surface area contributed by atoms with Crippen molar-refractivity contribution in [3.05, 3.63) is 71.0 Å². The first-order valence-electron chi connectivity index (χ1n) is 8.56. The van der Waals surface area contributed by atoms with Crippen LogP contribution >= 0.6 is 0 Å². The summed E-state index contributed by atoms with van der Waals surface area (Å²) in [6.45, 7) is 1.89. The van der Waals surface area contributed by atoms with Crippen LogP contribution in [-0.2, 0) is 6.42 Å². The zero-order valence-corrected chi connectivity index (χ0v) is 14.0. The first-order valence-corrected chi connectivity index (χ1v) is 8.56. The third-order valence-electron chi connectivity index (χ3n) is 4.40. The molecule has 1 heterocycles. The van der Waals surface area contributed by atoms with Crippen molar-refractivity contribution < 1.29 is 14.0 Å². The SMILES string of the molecule is O=C(NCCc1ccccc1F)c1cccc(C(=O)N2CCCC2)c1. The van der Waals surface area contributed by atoms with Crippen LogP contribution in [-0.4, -0.2) is 36.3 Å². The standard InChI is InChI=1S/C20H21FN2O2/c21-18-9-2-1-6-15(18)10-11-22-19(24)16-7-5-8-17(14-16)20(25)23-12-3-4-13-23/h1-2,5-9,14H,3-4,10-13H2,(H,22,24). The Morgan fingerprint density at radius 3 is 2.48 bits per heavy atom. The van der Waals surface area contributed by atoms with E-state index in [1.165, 1.54) is 6.07 Å². The summed E-state index contributed by atoms with van der Waals surface area (Å²) in [6, 6.07) is 13.3. The van der Waals surface area contributed by atoms with Crippen molar-refractivity contribution in [3.8, 4) is 0 Å². The highest BCUT2D eigenvalue weighted by Gasteiger charge is 2.20. The first kappa shape index (κ1) is 17.1. The van der Waals surface area contributed by atoms with E-state index in [0.717, 1.165) is 25.9 Å². The van der Waals surface area contributed by atoms with Crippen LogP contribution in [0.2, 0.25) is 0 Å². The Bertz CT molecular complexity index is 770. The van der Waals surface area contributed by atoms with Crippen molar-refractivity contribution in [2.75, 3.05) is 19.6 Å². The van der Waals surface area contributed by atoms with Crippen LogP contribution in [0.1, 0.15) is 39.1 Å². The van der Waals surface area contributed by atoms with Crippen LogP contribution in [0.25, 0.3) is 0 Å². The van der Waals surface area contributed by atoms with Gasteiger partial charge in [0, 0.05) is 30.8 Å². The van der Waals surface area contributed by atoms with Gasteiger partial charge in [-0.05, 0) is 49.1 Å². The minimum Gasteiger partial charge on any atom is -0.352 e. The molecular formula is C20H21FN2O2. The monoisotopic (exact) mass is 340 g/mol. The van der Waals surface area contributed by atoms with Gasteiger partial charge in [-0.15, -0.1) is 0 Å². The van der Waals surface area contributed by atoms with Crippen LogP contribution in [0.15, 0.2) is 48.5 Å². The Kier molecular flexibility index (Phi) is 5.43. The summed E-state index contributed by atoms with van der Waals surface area (Å²) in [5, 5.41) is 2.78. The zero-order chi connectivity index (χ0) is 17.6. The molecule has 4 nitrogen and oxygen atoms in total. The van der Waals surface area contributed by atoms with Gasteiger partial charge in [0.2, 0.25) is 0 Å². The summed E-state index contributed by atoms with van der Waals surface area (Å²) in [5.74, 6) is -0.555. The molecule has 1 saturated heterocycles. The number of likely N-dealkylation sites (tertiary alicyclic amines) is 1. The Morgan fingerprint density at radius 1 is 1.00 bits per heavy atom. The third kappa shape index (κ3) is 4.24. The molecular weight excluding hydrogens is 319 g/mol. The number of benzene rings is 2. The van der Waals surface area contributed by atoms with Gasteiger partial charge in [-0.2, -0.15) is 0 Å². The Labute approximate surface area is 146 Å². The number of nitrogens with one attached hydrogen (secondary N) is 1. The summed E-state index contributed by atoms with van der Waals surface area (Å²) >= 11 is 0. The molecule has 0 bridgehead atoms. The summed E-state index contributed by atoms with van der Waals surface area (Å²) in [6.07, 6.45) is 2.48. The molecule has 2 aromatic rings. The number of carbonyl (C=O) groups excluding carboxylic acids is 2. The van der Waals surface area contributed by atoms with E-state index in [2.05, 4.69) is 5.32 Å². The van der Waals surface area contributed by atoms with Gasteiger partial charge in [0.15, 0.2) is 0 Å². The molecule has 1 fully saturated rings. The minimum absolute atomic E-state index is 0.0292. The average Bonchev–Trinajstić information content (AvgIpc) is 3.17. The lowest BCUT2D eigenvalue weighted by atomic mass is 10.1. The summed E-state index contributed by atoms with van der Waals surface area (Å²) in [5.41, 5.74) is 1.54. The number of hydrogen-bond acceptors (Lipinski definition) is 2. The molecule has 3 rings (SSSR count). The molecule has 0 saturated carbocycles. The number of hydrogen-bond donors (Lipinski definition) is 1. The topological polar surface area (TPSA) is 49.4 Å². The van der Waals surface area contributed by atoms with Crippen LogP contribution in [0.3, 0.4) is 0 Å². The third-order valence-corrected chi connectivity index (χ3v) is 4.40. The lowest BCUT2D eigenvalue weighted by molar-refractivity contribution is 0.0793. The van der Waals surface area contributed by atoms with E-state index in [1.807, 2.05) is 4.90 Å². The second kappa shape index (κ2) is 7.92.